The van der Waals surface area contributed by atoms with Gasteiger partial charge in [-0.3, -0.25) is 9.59 Å². The number of amides is 2. The molecule has 0 aromatic heterocycles. The van der Waals surface area contributed by atoms with E-state index in [0.717, 1.165) is 5.56 Å². The van der Waals surface area contributed by atoms with Crippen LogP contribution < -0.4 is 10.6 Å². The van der Waals surface area contributed by atoms with Gasteiger partial charge >= 0.3 is 12.4 Å². The topological polar surface area (TPSA) is 61.4 Å². The molecule has 2 aromatic rings. The van der Waals surface area contributed by atoms with Gasteiger partial charge < -0.3 is 15.5 Å². The quantitative estimate of drug-likeness (QED) is 0.511. The van der Waals surface area contributed by atoms with E-state index in [1.165, 1.54) is 6.92 Å². The first kappa shape index (κ1) is 27.9. The van der Waals surface area contributed by atoms with Crippen LogP contribution in [-0.2, 0) is 27.5 Å². The third-order valence-corrected chi connectivity index (χ3v) is 7.57. The molecular formula is C27H29F6N3O2. The van der Waals surface area contributed by atoms with Crippen molar-refractivity contribution in [3.8, 4) is 0 Å². The molecule has 0 spiro atoms. The summed E-state index contributed by atoms with van der Waals surface area (Å²) in [6.45, 7) is 2.85. The number of rotatable bonds is 5. The molecule has 1 aliphatic heterocycles. The van der Waals surface area contributed by atoms with Crippen LogP contribution in [0.5, 0.6) is 0 Å². The molecule has 11 heteroatoms. The second kappa shape index (κ2) is 10.6. The van der Waals surface area contributed by atoms with Gasteiger partial charge in [-0.2, -0.15) is 26.3 Å². The van der Waals surface area contributed by atoms with Crippen LogP contribution in [0.2, 0.25) is 0 Å². The monoisotopic (exact) mass is 541 g/mol. The van der Waals surface area contributed by atoms with Crippen LogP contribution in [0.3, 0.4) is 0 Å². The minimum absolute atomic E-state index is 0.00595. The fourth-order valence-corrected chi connectivity index (χ4v) is 5.38. The van der Waals surface area contributed by atoms with Gasteiger partial charge in [0.2, 0.25) is 11.8 Å². The minimum Gasteiger partial charge on any atom is -0.346 e. The number of benzene rings is 2. The SMILES string of the molecule is CC(C(=O)N[C@]1(c2ccccc2)CC[C@@H](N2CCNCC2=O)CC1)c1cc(C(F)(F)F)cc(C(F)(F)F)c1. The number of alkyl halides is 6. The summed E-state index contributed by atoms with van der Waals surface area (Å²) in [5, 5.41) is 6.02. The predicted octanol–water partition coefficient (Wildman–Crippen LogP) is 5.21. The fraction of sp³-hybridized carbons (Fsp3) is 0.481. The molecule has 38 heavy (non-hydrogen) atoms. The summed E-state index contributed by atoms with van der Waals surface area (Å²) in [5.74, 6) is -1.93. The molecule has 0 bridgehead atoms. The number of carbonyl (C=O) groups is 2. The summed E-state index contributed by atoms with van der Waals surface area (Å²) in [5.41, 5.74) is -3.35. The zero-order valence-corrected chi connectivity index (χ0v) is 20.8. The van der Waals surface area contributed by atoms with Gasteiger partial charge in [0.1, 0.15) is 0 Å². The molecule has 2 fully saturated rings. The molecule has 1 heterocycles. The molecule has 2 aliphatic rings. The van der Waals surface area contributed by atoms with Gasteiger partial charge in [-0.25, -0.2) is 0 Å². The highest BCUT2D eigenvalue weighted by Gasteiger charge is 2.42. The average molecular weight is 542 g/mol. The molecule has 1 aliphatic carbocycles. The lowest BCUT2D eigenvalue weighted by atomic mass is 9.74. The van der Waals surface area contributed by atoms with Crippen molar-refractivity contribution in [2.75, 3.05) is 19.6 Å². The van der Waals surface area contributed by atoms with Crippen LogP contribution >= 0.6 is 0 Å². The average Bonchev–Trinajstić information content (AvgIpc) is 2.88. The Balaban J connectivity index is 1.60. The normalized spacial score (nSPS) is 23.7. The molecule has 1 atom stereocenters. The number of nitrogens with zero attached hydrogens (tertiary/aromatic N) is 1. The first-order valence-corrected chi connectivity index (χ1v) is 12.5. The number of hydrogen-bond donors (Lipinski definition) is 2. The highest BCUT2D eigenvalue weighted by atomic mass is 19.4. The summed E-state index contributed by atoms with van der Waals surface area (Å²) >= 11 is 0. The van der Waals surface area contributed by atoms with Crippen LogP contribution in [0.15, 0.2) is 48.5 Å². The molecule has 206 valence electrons. The van der Waals surface area contributed by atoms with E-state index < -0.39 is 40.8 Å². The van der Waals surface area contributed by atoms with Gasteiger partial charge in [-0.1, -0.05) is 30.3 Å². The molecule has 1 saturated heterocycles. The molecule has 2 amide bonds. The van der Waals surface area contributed by atoms with E-state index in [-0.39, 0.29) is 30.1 Å². The number of nitrogens with one attached hydrogen (secondary N) is 2. The first-order chi connectivity index (χ1) is 17.8. The maximum absolute atomic E-state index is 13.4. The van der Waals surface area contributed by atoms with Crippen molar-refractivity contribution in [1.29, 1.82) is 0 Å². The second-order valence-corrected chi connectivity index (χ2v) is 9.99. The molecular weight excluding hydrogens is 512 g/mol. The Morgan fingerprint density at radius 2 is 1.58 bits per heavy atom. The van der Waals surface area contributed by atoms with Crippen molar-refractivity contribution in [3.05, 3.63) is 70.8 Å². The van der Waals surface area contributed by atoms with Crippen molar-refractivity contribution in [1.82, 2.24) is 15.5 Å². The summed E-state index contributed by atoms with van der Waals surface area (Å²) in [6.07, 6.45) is -7.88. The van der Waals surface area contributed by atoms with E-state index in [2.05, 4.69) is 10.6 Å². The Labute approximate surface area is 216 Å². The predicted molar refractivity (Wildman–Crippen MR) is 128 cm³/mol. The van der Waals surface area contributed by atoms with E-state index >= 15 is 0 Å². The lowest BCUT2D eigenvalue weighted by Gasteiger charge is -2.45. The van der Waals surface area contributed by atoms with Gasteiger partial charge in [0.25, 0.3) is 0 Å². The smallest absolute Gasteiger partial charge is 0.346 e. The Morgan fingerprint density at radius 1 is 1.00 bits per heavy atom. The summed E-state index contributed by atoms with van der Waals surface area (Å²) in [4.78, 5) is 27.6. The first-order valence-electron chi connectivity index (χ1n) is 12.5. The lowest BCUT2D eigenvalue weighted by molar-refractivity contribution is -0.143. The number of piperazine rings is 1. The van der Waals surface area contributed by atoms with Crippen LogP contribution in [0.25, 0.3) is 0 Å². The molecule has 2 N–H and O–H groups in total. The van der Waals surface area contributed by atoms with Crippen LogP contribution in [0.1, 0.15) is 60.8 Å². The standard InChI is InChI=1S/C27H29F6N3O2/c1-17(18-13-20(26(28,29)30)15-21(14-18)27(31,32)33)24(38)35-25(19-5-3-2-4-6-19)9-7-22(8-10-25)36-12-11-34-16-23(36)37/h2-6,13-15,17,22,34H,7-12,16H2,1H3,(H,35,38)/t17?,22-,25-. The van der Waals surface area contributed by atoms with Crippen molar-refractivity contribution in [3.63, 3.8) is 0 Å². The summed E-state index contributed by atoms with van der Waals surface area (Å²) in [6, 6.07) is 10.4. The molecule has 1 unspecified atom stereocenters. The maximum Gasteiger partial charge on any atom is 0.416 e. The highest BCUT2D eigenvalue weighted by molar-refractivity contribution is 5.84. The van der Waals surface area contributed by atoms with Crippen LogP contribution in [0, 0.1) is 0 Å². The third-order valence-electron chi connectivity index (χ3n) is 7.57. The van der Waals surface area contributed by atoms with Crippen LogP contribution in [-0.4, -0.2) is 42.4 Å². The zero-order chi connectivity index (χ0) is 27.7. The molecule has 1 saturated carbocycles. The van der Waals surface area contributed by atoms with E-state index in [4.69, 9.17) is 0 Å². The Bertz CT molecular complexity index is 1130. The van der Waals surface area contributed by atoms with Crippen LogP contribution in [0.4, 0.5) is 26.3 Å². The fourth-order valence-electron chi connectivity index (χ4n) is 5.38. The number of halogens is 6. The van der Waals surface area contributed by atoms with Crippen molar-refractivity contribution in [2.24, 2.45) is 0 Å². The van der Waals surface area contributed by atoms with Gasteiger partial charge in [-0.15, -0.1) is 0 Å². The largest absolute Gasteiger partial charge is 0.416 e. The minimum atomic E-state index is -5.00. The van der Waals surface area contributed by atoms with Gasteiger partial charge in [0.15, 0.2) is 0 Å². The van der Waals surface area contributed by atoms with Gasteiger partial charge in [0, 0.05) is 19.1 Å². The molecule has 5 nitrogen and oxygen atoms in total. The van der Waals surface area contributed by atoms with E-state index in [1.807, 2.05) is 23.1 Å². The van der Waals surface area contributed by atoms with Crippen molar-refractivity contribution in [2.45, 2.75) is 62.5 Å². The highest BCUT2D eigenvalue weighted by Crippen LogP contribution is 2.41. The summed E-state index contributed by atoms with van der Waals surface area (Å²) < 4.78 is 80.2. The lowest BCUT2D eigenvalue weighted by Crippen LogP contribution is -2.56. The maximum atomic E-state index is 13.4. The molecule has 2 aromatic carbocycles. The van der Waals surface area contributed by atoms with Crippen molar-refractivity contribution < 1.29 is 35.9 Å². The zero-order valence-electron chi connectivity index (χ0n) is 20.8. The van der Waals surface area contributed by atoms with E-state index in [9.17, 15) is 35.9 Å². The van der Waals surface area contributed by atoms with Gasteiger partial charge in [-0.05, 0) is 61.9 Å². The van der Waals surface area contributed by atoms with Crippen molar-refractivity contribution >= 4 is 11.8 Å². The second-order valence-electron chi connectivity index (χ2n) is 9.99. The van der Waals surface area contributed by atoms with Gasteiger partial charge in [0.05, 0.1) is 29.1 Å². The molecule has 4 rings (SSSR count). The molecule has 0 radical (unpaired) electrons. The number of carbonyl (C=O) groups excluding carboxylic acids is 2. The van der Waals surface area contributed by atoms with E-state index in [0.29, 0.717) is 50.9 Å². The Hall–Kier alpha value is -3.08. The Morgan fingerprint density at radius 3 is 2.11 bits per heavy atom. The van der Waals surface area contributed by atoms with E-state index in [1.54, 1.807) is 12.1 Å². The third kappa shape index (κ3) is 5.98. The number of hydrogen-bond acceptors (Lipinski definition) is 3. The summed E-state index contributed by atoms with van der Waals surface area (Å²) in [7, 11) is 0. The Kier molecular flexibility index (Phi) is 7.79.